The van der Waals surface area contributed by atoms with Crippen LogP contribution in [0.3, 0.4) is 0 Å². The molecule has 1 atom stereocenters. The molecule has 2 aliphatic rings. The number of benzene rings is 1. The van der Waals surface area contributed by atoms with Crippen molar-refractivity contribution in [3.63, 3.8) is 0 Å². The van der Waals surface area contributed by atoms with Crippen molar-refractivity contribution >= 4 is 0 Å². The first-order chi connectivity index (χ1) is 9.70. The molecule has 2 heteroatoms. The summed E-state index contributed by atoms with van der Waals surface area (Å²) in [6.07, 6.45) is 10.9. The summed E-state index contributed by atoms with van der Waals surface area (Å²) >= 11 is 0. The summed E-state index contributed by atoms with van der Waals surface area (Å²) in [5.74, 6) is -0.126. The number of halogens is 1. The van der Waals surface area contributed by atoms with Crippen LogP contribution < -0.4 is 5.32 Å². The average molecular weight is 275 g/mol. The molecule has 0 heterocycles. The summed E-state index contributed by atoms with van der Waals surface area (Å²) in [4.78, 5) is 0. The van der Waals surface area contributed by atoms with Gasteiger partial charge in [-0.3, -0.25) is 0 Å². The summed E-state index contributed by atoms with van der Waals surface area (Å²) in [7, 11) is 0. The Morgan fingerprint density at radius 1 is 1.20 bits per heavy atom. The molecule has 2 saturated carbocycles. The van der Waals surface area contributed by atoms with Crippen LogP contribution in [0.25, 0.3) is 0 Å². The zero-order valence-corrected chi connectivity index (χ0v) is 12.6. The molecule has 0 bridgehead atoms. The van der Waals surface area contributed by atoms with E-state index in [9.17, 15) is 4.39 Å². The fourth-order valence-electron chi connectivity index (χ4n) is 4.19. The van der Waals surface area contributed by atoms with Gasteiger partial charge in [-0.25, -0.2) is 4.39 Å². The van der Waals surface area contributed by atoms with Crippen LogP contribution in [0.1, 0.15) is 56.1 Å². The maximum atomic E-state index is 13.1. The van der Waals surface area contributed by atoms with Crippen molar-refractivity contribution in [2.75, 3.05) is 6.54 Å². The van der Waals surface area contributed by atoms with Gasteiger partial charge in [0.2, 0.25) is 0 Å². The van der Waals surface area contributed by atoms with Gasteiger partial charge in [0.25, 0.3) is 0 Å². The monoisotopic (exact) mass is 275 g/mol. The fraction of sp³-hybridized carbons (Fsp3) is 0.667. The van der Waals surface area contributed by atoms with Gasteiger partial charge >= 0.3 is 0 Å². The Hall–Kier alpha value is -0.890. The molecule has 3 rings (SSSR count). The predicted octanol–water partition coefficient (Wildman–Crippen LogP) is 4.38. The van der Waals surface area contributed by atoms with Gasteiger partial charge in [0.1, 0.15) is 5.82 Å². The third kappa shape index (κ3) is 2.76. The molecule has 1 aromatic carbocycles. The van der Waals surface area contributed by atoms with Crippen molar-refractivity contribution in [3.8, 4) is 0 Å². The van der Waals surface area contributed by atoms with Crippen molar-refractivity contribution in [2.24, 2.45) is 5.41 Å². The van der Waals surface area contributed by atoms with E-state index in [1.54, 1.807) is 12.1 Å². The molecule has 0 radical (unpaired) electrons. The van der Waals surface area contributed by atoms with Gasteiger partial charge < -0.3 is 5.32 Å². The summed E-state index contributed by atoms with van der Waals surface area (Å²) in [6, 6.07) is 5.89. The van der Waals surface area contributed by atoms with Crippen LogP contribution in [0, 0.1) is 18.2 Å². The number of hydrogen-bond donors (Lipinski definition) is 1. The summed E-state index contributed by atoms with van der Waals surface area (Å²) in [6.45, 7) is 3.03. The molecule has 1 spiro atoms. The number of aryl methyl sites for hydroxylation is 1. The molecule has 0 aromatic heterocycles. The smallest absolute Gasteiger partial charge is 0.123 e. The molecule has 1 aromatic rings. The molecule has 0 amide bonds. The largest absolute Gasteiger partial charge is 0.313 e. The number of hydrogen-bond acceptors (Lipinski definition) is 1. The van der Waals surface area contributed by atoms with Gasteiger partial charge in [-0.15, -0.1) is 0 Å². The molecule has 2 aliphatic carbocycles. The Morgan fingerprint density at radius 3 is 2.65 bits per heavy atom. The van der Waals surface area contributed by atoms with E-state index in [2.05, 4.69) is 5.32 Å². The van der Waals surface area contributed by atoms with E-state index >= 15 is 0 Å². The average Bonchev–Trinajstić information content (AvgIpc) is 2.45. The predicted molar refractivity (Wildman–Crippen MR) is 81.4 cm³/mol. The summed E-state index contributed by atoms with van der Waals surface area (Å²) in [5, 5.41) is 3.78. The molecular formula is C18H26FN. The fourth-order valence-corrected chi connectivity index (χ4v) is 4.19. The van der Waals surface area contributed by atoms with E-state index in [0.717, 1.165) is 24.6 Å². The summed E-state index contributed by atoms with van der Waals surface area (Å²) < 4.78 is 13.1. The molecule has 0 saturated heterocycles. The van der Waals surface area contributed by atoms with Gasteiger partial charge in [-0.05, 0) is 74.2 Å². The van der Waals surface area contributed by atoms with E-state index in [-0.39, 0.29) is 5.82 Å². The Kier molecular flexibility index (Phi) is 4.11. The Morgan fingerprint density at radius 2 is 2.00 bits per heavy atom. The van der Waals surface area contributed by atoms with Crippen LogP contribution >= 0.6 is 0 Å². The van der Waals surface area contributed by atoms with Crippen LogP contribution in [0.2, 0.25) is 0 Å². The topological polar surface area (TPSA) is 12.0 Å². The van der Waals surface area contributed by atoms with E-state index in [0.29, 0.717) is 5.41 Å². The highest BCUT2D eigenvalue weighted by Gasteiger charge is 2.46. The lowest BCUT2D eigenvalue weighted by Gasteiger charge is -2.52. The third-order valence-corrected chi connectivity index (χ3v) is 5.61. The minimum atomic E-state index is -0.126. The molecular weight excluding hydrogens is 249 g/mol. The molecule has 0 aliphatic heterocycles. The van der Waals surface area contributed by atoms with E-state index in [1.165, 1.54) is 50.5 Å². The molecule has 1 unspecified atom stereocenters. The molecule has 1 nitrogen and oxygen atoms in total. The highest BCUT2D eigenvalue weighted by atomic mass is 19.1. The first-order valence-electron chi connectivity index (χ1n) is 8.18. The molecule has 110 valence electrons. The van der Waals surface area contributed by atoms with Gasteiger partial charge in [0.05, 0.1) is 0 Å². The zero-order chi connectivity index (χ0) is 14.0. The minimum Gasteiger partial charge on any atom is -0.313 e. The Labute approximate surface area is 122 Å². The maximum Gasteiger partial charge on any atom is 0.123 e. The van der Waals surface area contributed by atoms with Crippen molar-refractivity contribution in [3.05, 3.63) is 35.1 Å². The second-order valence-electron chi connectivity index (χ2n) is 6.79. The highest BCUT2D eigenvalue weighted by molar-refractivity contribution is 5.26. The lowest BCUT2D eigenvalue weighted by atomic mass is 9.57. The van der Waals surface area contributed by atoms with Crippen LogP contribution in [-0.2, 0) is 6.42 Å². The van der Waals surface area contributed by atoms with Crippen LogP contribution in [0.15, 0.2) is 18.2 Å². The van der Waals surface area contributed by atoms with Crippen molar-refractivity contribution < 1.29 is 4.39 Å². The van der Waals surface area contributed by atoms with Crippen molar-refractivity contribution in [1.29, 1.82) is 0 Å². The summed E-state index contributed by atoms with van der Waals surface area (Å²) in [5.41, 5.74) is 2.99. The first kappa shape index (κ1) is 14.1. The van der Waals surface area contributed by atoms with Crippen LogP contribution in [-0.4, -0.2) is 12.6 Å². The second kappa shape index (κ2) is 5.85. The Balaban J connectivity index is 1.50. The maximum absolute atomic E-state index is 13.1. The third-order valence-electron chi connectivity index (χ3n) is 5.61. The van der Waals surface area contributed by atoms with Gasteiger partial charge in [-0.1, -0.05) is 25.3 Å². The SMILES string of the molecule is Cc1cc(F)ccc1CCNC1CCC12CCCCC2. The standard InChI is InChI=1S/C18H26FN/c1-14-13-16(19)6-5-15(14)8-12-20-17-7-11-18(17)9-3-2-4-10-18/h5-6,13,17,20H,2-4,7-12H2,1H3. The van der Waals surface area contributed by atoms with Gasteiger partial charge in [0.15, 0.2) is 0 Å². The quantitative estimate of drug-likeness (QED) is 0.860. The Bertz CT molecular complexity index is 462. The van der Waals surface area contributed by atoms with Crippen molar-refractivity contribution in [2.45, 2.75) is 64.3 Å². The normalized spacial score (nSPS) is 24.6. The minimum absolute atomic E-state index is 0.126. The van der Waals surface area contributed by atoms with E-state index < -0.39 is 0 Å². The lowest BCUT2D eigenvalue weighted by molar-refractivity contribution is 0.0236. The van der Waals surface area contributed by atoms with Gasteiger partial charge in [-0.2, -0.15) is 0 Å². The second-order valence-corrected chi connectivity index (χ2v) is 6.79. The molecule has 2 fully saturated rings. The van der Waals surface area contributed by atoms with Crippen LogP contribution in [0.5, 0.6) is 0 Å². The van der Waals surface area contributed by atoms with E-state index in [1.807, 2.05) is 13.0 Å². The number of nitrogens with one attached hydrogen (secondary N) is 1. The van der Waals surface area contributed by atoms with Crippen LogP contribution in [0.4, 0.5) is 4.39 Å². The highest BCUT2D eigenvalue weighted by Crippen LogP contribution is 2.51. The van der Waals surface area contributed by atoms with E-state index in [4.69, 9.17) is 0 Å². The zero-order valence-electron chi connectivity index (χ0n) is 12.6. The number of rotatable bonds is 4. The first-order valence-corrected chi connectivity index (χ1v) is 8.18. The van der Waals surface area contributed by atoms with Crippen molar-refractivity contribution in [1.82, 2.24) is 5.32 Å². The lowest BCUT2D eigenvalue weighted by Crippen LogP contribution is -2.54. The van der Waals surface area contributed by atoms with Gasteiger partial charge in [0, 0.05) is 6.04 Å². The molecule has 1 N–H and O–H groups in total. The molecule has 20 heavy (non-hydrogen) atoms.